The molecule has 7 N–H and O–H groups in total. The summed E-state index contributed by atoms with van der Waals surface area (Å²) in [6.45, 7) is 1.51. The van der Waals surface area contributed by atoms with Gasteiger partial charge in [-0.15, -0.1) is 0 Å². The van der Waals surface area contributed by atoms with Gasteiger partial charge in [0, 0.05) is 34.3 Å². The second-order valence-corrected chi connectivity index (χ2v) is 8.61. The number of nitrogens with one attached hydrogen (secondary N) is 1. The smallest absolute Gasteiger partial charge is 0.179 e. The van der Waals surface area contributed by atoms with E-state index in [1.807, 2.05) is 30.3 Å². The van der Waals surface area contributed by atoms with Crippen LogP contribution in [0.15, 0.2) is 72.9 Å². The lowest BCUT2D eigenvalue weighted by molar-refractivity contribution is -0.113. The van der Waals surface area contributed by atoms with E-state index in [2.05, 4.69) is 10.3 Å². The Morgan fingerprint density at radius 2 is 1.83 bits per heavy atom. The first kappa shape index (κ1) is 24.2. The predicted octanol–water partition coefficient (Wildman–Crippen LogP) is 4.21. The number of hydrogen-bond acceptors (Lipinski definition) is 5. The van der Waals surface area contributed by atoms with Crippen LogP contribution in [0.3, 0.4) is 0 Å². The van der Waals surface area contributed by atoms with Gasteiger partial charge < -0.3 is 21.3 Å². The third-order valence-electron chi connectivity index (χ3n) is 5.68. The molecule has 0 amide bonds. The summed E-state index contributed by atoms with van der Waals surface area (Å²) in [5.74, 6) is -0.630. The van der Waals surface area contributed by atoms with Crippen LogP contribution in [0.4, 0.5) is 15.8 Å². The third kappa shape index (κ3) is 5.11. The Balaban J connectivity index is 1.90. The first-order valence-electron chi connectivity index (χ1n) is 10.9. The number of nitrogen functional groups attached to an aromatic ring is 1. The lowest BCUT2D eigenvalue weighted by Crippen LogP contribution is -2.38. The fourth-order valence-corrected chi connectivity index (χ4v) is 4.09. The minimum atomic E-state index is -0.573. The number of hydrogen-bond donors (Lipinski definition) is 5. The summed E-state index contributed by atoms with van der Waals surface area (Å²) in [5.41, 5.74) is 9.79. The van der Waals surface area contributed by atoms with Gasteiger partial charge in [0.1, 0.15) is 11.6 Å². The highest BCUT2D eigenvalue weighted by molar-refractivity contribution is 6.31. The van der Waals surface area contributed by atoms with Crippen molar-refractivity contribution in [3.05, 3.63) is 94.9 Å². The SMILES string of the molecule is CC(=[NH2+])c1cc(-c2cc(NC(CO)c3ccccc3)cnc2-c2cc(Cl)ccc2O)c(F)cc1N. The molecule has 0 saturated carbocycles. The van der Waals surface area contributed by atoms with Crippen LogP contribution in [0, 0.1) is 5.82 Å². The zero-order valence-corrected chi connectivity index (χ0v) is 19.7. The number of aliphatic hydroxyl groups is 1. The van der Waals surface area contributed by atoms with Crippen molar-refractivity contribution in [1.82, 2.24) is 4.98 Å². The highest BCUT2D eigenvalue weighted by atomic mass is 35.5. The molecular formula is C27H25ClFN4O2+. The van der Waals surface area contributed by atoms with Gasteiger partial charge in [-0.1, -0.05) is 41.9 Å². The molecule has 0 bridgehead atoms. The van der Waals surface area contributed by atoms with E-state index >= 15 is 4.39 Å². The van der Waals surface area contributed by atoms with Gasteiger partial charge in [0.15, 0.2) is 5.71 Å². The van der Waals surface area contributed by atoms with Crippen molar-refractivity contribution in [3.8, 4) is 28.1 Å². The Kier molecular flexibility index (Phi) is 7.00. The van der Waals surface area contributed by atoms with Crippen LogP contribution >= 0.6 is 11.6 Å². The van der Waals surface area contributed by atoms with Crippen molar-refractivity contribution in [1.29, 1.82) is 0 Å². The second kappa shape index (κ2) is 10.1. The van der Waals surface area contributed by atoms with Crippen molar-refractivity contribution in [2.75, 3.05) is 17.7 Å². The largest absolute Gasteiger partial charge is 0.507 e. The number of aromatic hydroxyl groups is 1. The molecule has 3 aromatic carbocycles. The topological polar surface area (TPSA) is 117 Å². The van der Waals surface area contributed by atoms with Gasteiger partial charge in [-0.05, 0) is 42.0 Å². The summed E-state index contributed by atoms with van der Waals surface area (Å²) in [4.78, 5) is 4.55. The van der Waals surface area contributed by atoms with Gasteiger partial charge in [0.25, 0.3) is 0 Å². The van der Waals surface area contributed by atoms with Gasteiger partial charge >= 0.3 is 0 Å². The molecule has 1 unspecified atom stereocenters. The van der Waals surface area contributed by atoms with Crippen LogP contribution in [0.1, 0.15) is 24.1 Å². The number of benzene rings is 3. The molecule has 6 nitrogen and oxygen atoms in total. The zero-order chi connectivity index (χ0) is 25.1. The Morgan fingerprint density at radius 1 is 1.09 bits per heavy atom. The highest BCUT2D eigenvalue weighted by Gasteiger charge is 2.21. The van der Waals surface area contributed by atoms with E-state index in [0.29, 0.717) is 38.8 Å². The number of phenolic OH excluding ortho intramolecular Hbond substituents is 1. The molecule has 178 valence electrons. The molecule has 1 aromatic heterocycles. The molecule has 35 heavy (non-hydrogen) atoms. The Hall–Kier alpha value is -3.94. The van der Waals surface area contributed by atoms with E-state index in [1.54, 1.807) is 37.4 Å². The third-order valence-corrected chi connectivity index (χ3v) is 5.92. The summed E-state index contributed by atoms with van der Waals surface area (Å²) in [6.07, 6.45) is 1.56. The summed E-state index contributed by atoms with van der Waals surface area (Å²) in [6, 6.07) is 18.1. The van der Waals surface area contributed by atoms with Crippen molar-refractivity contribution in [2.45, 2.75) is 13.0 Å². The first-order valence-corrected chi connectivity index (χ1v) is 11.3. The summed E-state index contributed by atoms with van der Waals surface area (Å²) in [5, 5.41) is 30.1. The number of aliphatic hydroxyl groups excluding tert-OH is 1. The van der Waals surface area contributed by atoms with E-state index in [9.17, 15) is 10.2 Å². The monoisotopic (exact) mass is 491 g/mol. The van der Waals surface area contributed by atoms with Crippen LogP contribution in [-0.2, 0) is 0 Å². The van der Waals surface area contributed by atoms with Crippen molar-refractivity contribution in [3.63, 3.8) is 0 Å². The molecular weight excluding hydrogens is 467 g/mol. The molecule has 0 aliphatic carbocycles. The molecule has 4 rings (SSSR count). The summed E-state index contributed by atoms with van der Waals surface area (Å²) < 4.78 is 15.3. The fourth-order valence-electron chi connectivity index (χ4n) is 3.92. The molecule has 0 fully saturated rings. The standard InChI is InChI=1S/C27H24ClFN4O2/c1-15(30)19-11-20(23(29)12-24(19)31)21-10-18(33-25(14-34)16-5-3-2-4-6-16)13-32-27(21)22-9-17(28)7-8-26(22)35/h2-13,25,30,33-35H,14,31H2,1H3/p+1. The first-order chi connectivity index (χ1) is 16.8. The van der Waals surface area contributed by atoms with Crippen molar-refractivity contribution in [2.24, 2.45) is 0 Å². The quantitative estimate of drug-likeness (QED) is 0.196. The maximum Gasteiger partial charge on any atom is 0.179 e. The lowest BCUT2D eigenvalue weighted by Gasteiger charge is -2.20. The minimum absolute atomic E-state index is 0.0565. The number of aromatic nitrogens is 1. The zero-order valence-electron chi connectivity index (χ0n) is 19.0. The normalized spacial score (nSPS) is 11.8. The maximum absolute atomic E-state index is 15.3. The number of rotatable bonds is 7. The van der Waals surface area contributed by atoms with Gasteiger partial charge in [0.2, 0.25) is 0 Å². The van der Waals surface area contributed by atoms with E-state index in [1.165, 1.54) is 12.1 Å². The van der Waals surface area contributed by atoms with Crippen LogP contribution in [-0.4, -0.2) is 27.5 Å². The summed E-state index contributed by atoms with van der Waals surface area (Å²) >= 11 is 6.18. The molecule has 0 radical (unpaired) electrons. The van der Waals surface area contributed by atoms with Crippen LogP contribution in [0.2, 0.25) is 5.02 Å². The molecule has 0 aliphatic rings. The molecule has 1 heterocycles. The van der Waals surface area contributed by atoms with E-state index in [0.717, 1.165) is 5.56 Å². The number of halogens is 2. The van der Waals surface area contributed by atoms with E-state index in [4.69, 9.17) is 22.7 Å². The number of anilines is 2. The molecule has 0 spiro atoms. The van der Waals surface area contributed by atoms with Gasteiger partial charge in [-0.2, -0.15) is 0 Å². The van der Waals surface area contributed by atoms with Crippen LogP contribution < -0.4 is 16.5 Å². The lowest BCUT2D eigenvalue weighted by atomic mass is 9.94. The summed E-state index contributed by atoms with van der Waals surface area (Å²) in [7, 11) is 0. The Morgan fingerprint density at radius 3 is 2.51 bits per heavy atom. The van der Waals surface area contributed by atoms with E-state index < -0.39 is 11.9 Å². The predicted molar refractivity (Wildman–Crippen MR) is 138 cm³/mol. The number of pyridine rings is 1. The van der Waals surface area contributed by atoms with Gasteiger partial charge in [0.05, 0.1) is 35.8 Å². The van der Waals surface area contributed by atoms with Crippen LogP contribution in [0.25, 0.3) is 22.4 Å². The van der Waals surface area contributed by atoms with Crippen molar-refractivity contribution >= 4 is 28.7 Å². The van der Waals surface area contributed by atoms with E-state index in [-0.39, 0.29) is 23.6 Å². The fraction of sp³-hybridized carbons (Fsp3) is 0.111. The Bertz CT molecular complexity index is 1400. The average Bonchev–Trinajstić information content (AvgIpc) is 2.84. The highest BCUT2D eigenvalue weighted by Crippen LogP contribution is 2.40. The number of phenols is 1. The molecule has 4 aromatic rings. The molecule has 0 saturated heterocycles. The minimum Gasteiger partial charge on any atom is -0.507 e. The van der Waals surface area contributed by atoms with Crippen molar-refractivity contribution < 1.29 is 20.0 Å². The molecule has 1 atom stereocenters. The van der Waals surface area contributed by atoms with Crippen LogP contribution in [0.5, 0.6) is 5.75 Å². The maximum atomic E-state index is 15.3. The van der Waals surface area contributed by atoms with Gasteiger partial charge in [-0.3, -0.25) is 10.4 Å². The molecule has 0 aliphatic heterocycles. The number of nitrogens with two attached hydrogens (primary N) is 2. The van der Waals surface area contributed by atoms with Gasteiger partial charge in [-0.25, -0.2) is 4.39 Å². The Labute approximate surface area is 207 Å². The number of nitrogens with zero attached hydrogens (tertiary/aromatic N) is 1. The molecule has 8 heteroatoms. The average molecular weight is 492 g/mol. The second-order valence-electron chi connectivity index (χ2n) is 8.17.